The molecule has 19 heavy (non-hydrogen) atoms. The highest BCUT2D eigenvalue weighted by Crippen LogP contribution is 2.24. The van der Waals surface area contributed by atoms with E-state index in [1.54, 1.807) is 13.1 Å². The first-order chi connectivity index (χ1) is 8.57. The van der Waals surface area contributed by atoms with E-state index in [0.717, 1.165) is 22.8 Å². The average Bonchev–Trinajstić information content (AvgIpc) is 2.57. The first-order valence-electron chi connectivity index (χ1n) is 6.25. The zero-order valence-electron chi connectivity index (χ0n) is 12.5. The van der Waals surface area contributed by atoms with Gasteiger partial charge in [-0.3, -0.25) is 4.28 Å². The SMILES string of the molecule is CCC(C)(C)Cc1cn(OS(=O)(=O)N(C)C)c(C)n1. The van der Waals surface area contributed by atoms with Crippen molar-refractivity contribution in [2.24, 2.45) is 5.41 Å². The van der Waals surface area contributed by atoms with E-state index >= 15 is 0 Å². The van der Waals surface area contributed by atoms with Crippen LogP contribution in [0, 0.1) is 12.3 Å². The van der Waals surface area contributed by atoms with Crippen molar-refractivity contribution in [3.05, 3.63) is 17.7 Å². The van der Waals surface area contributed by atoms with Gasteiger partial charge in [-0.05, 0) is 18.8 Å². The molecule has 0 unspecified atom stereocenters. The Morgan fingerprint density at radius 3 is 2.47 bits per heavy atom. The molecule has 1 heterocycles. The normalized spacial score (nSPS) is 13.0. The molecule has 0 aliphatic rings. The highest BCUT2D eigenvalue weighted by atomic mass is 32.2. The Morgan fingerprint density at radius 1 is 1.42 bits per heavy atom. The molecule has 0 saturated carbocycles. The van der Waals surface area contributed by atoms with Gasteiger partial charge in [0, 0.05) is 14.1 Å². The van der Waals surface area contributed by atoms with Crippen LogP contribution in [0.25, 0.3) is 0 Å². The van der Waals surface area contributed by atoms with Crippen LogP contribution in [0.1, 0.15) is 38.7 Å². The molecule has 7 heteroatoms. The van der Waals surface area contributed by atoms with Gasteiger partial charge in [0.1, 0.15) is 5.82 Å². The molecule has 0 spiro atoms. The Hall–Kier alpha value is -1.08. The molecule has 1 rings (SSSR count). The van der Waals surface area contributed by atoms with Gasteiger partial charge in [-0.2, -0.15) is 17.5 Å². The lowest BCUT2D eigenvalue weighted by Crippen LogP contribution is -2.32. The Labute approximate surface area is 115 Å². The summed E-state index contributed by atoms with van der Waals surface area (Å²) in [4.78, 5) is 4.34. The maximum atomic E-state index is 11.7. The molecule has 110 valence electrons. The minimum atomic E-state index is -3.75. The minimum absolute atomic E-state index is 0.131. The van der Waals surface area contributed by atoms with Crippen LogP contribution in [0.3, 0.4) is 0 Å². The molecule has 0 N–H and O–H groups in total. The average molecular weight is 289 g/mol. The van der Waals surface area contributed by atoms with Crippen LogP contribution in [0.5, 0.6) is 0 Å². The number of imidazole rings is 1. The third-order valence-electron chi connectivity index (χ3n) is 3.13. The molecule has 6 nitrogen and oxygen atoms in total. The molecule has 1 aromatic rings. The fourth-order valence-corrected chi connectivity index (χ4v) is 1.95. The zero-order valence-corrected chi connectivity index (χ0v) is 13.3. The van der Waals surface area contributed by atoms with Crippen LogP contribution >= 0.6 is 0 Å². The largest absolute Gasteiger partial charge is 0.402 e. The lowest BCUT2D eigenvalue weighted by molar-refractivity contribution is 0.248. The molecule has 1 aromatic heterocycles. The third kappa shape index (κ3) is 4.21. The van der Waals surface area contributed by atoms with E-state index in [1.807, 2.05) is 0 Å². The van der Waals surface area contributed by atoms with Crippen LogP contribution in [-0.2, 0) is 16.7 Å². The number of hydrogen-bond acceptors (Lipinski definition) is 4. The van der Waals surface area contributed by atoms with E-state index in [0.29, 0.717) is 5.82 Å². The van der Waals surface area contributed by atoms with Gasteiger partial charge in [0.25, 0.3) is 0 Å². The van der Waals surface area contributed by atoms with E-state index in [1.165, 1.54) is 18.8 Å². The highest BCUT2D eigenvalue weighted by molar-refractivity contribution is 7.84. The standard InChI is InChI=1S/C12H23N3O3S/c1-7-12(3,4)8-11-9-15(10(2)13-11)18-19(16,17)14(5)6/h9H,7-8H2,1-6H3. The van der Waals surface area contributed by atoms with Crippen molar-refractivity contribution in [3.63, 3.8) is 0 Å². The molecule has 0 aliphatic carbocycles. The summed E-state index contributed by atoms with van der Waals surface area (Å²) in [6.07, 6.45) is 3.44. The van der Waals surface area contributed by atoms with Crippen LogP contribution in [0.2, 0.25) is 0 Å². The fraction of sp³-hybridized carbons (Fsp3) is 0.750. The lowest BCUT2D eigenvalue weighted by atomic mass is 9.85. The van der Waals surface area contributed by atoms with Gasteiger partial charge in [-0.1, -0.05) is 27.2 Å². The summed E-state index contributed by atoms with van der Waals surface area (Å²) < 4.78 is 30.5. The molecule has 0 aliphatic heterocycles. The summed E-state index contributed by atoms with van der Waals surface area (Å²) in [6.45, 7) is 8.14. The van der Waals surface area contributed by atoms with Crippen molar-refractivity contribution in [2.45, 2.75) is 40.5 Å². The van der Waals surface area contributed by atoms with Crippen molar-refractivity contribution in [1.82, 2.24) is 14.0 Å². The Kier molecular flexibility index (Phi) is 4.63. The van der Waals surface area contributed by atoms with E-state index in [9.17, 15) is 8.42 Å². The second-order valence-electron chi connectivity index (χ2n) is 5.61. The van der Waals surface area contributed by atoms with Crippen molar-refractivity contribution in [3.8, 4) is 0 Å². The Morgan fingerprint density at radius 2 is 2.00 bits per heavy atom. The van der Waals surface area contributed by atoms with Crippen LogP contribution in [0.15, 0.2) is 6.20 Å². The molecule has 0 aromatic carbocycles. The quantitative estimate of drug-likeness (QED) is 0.794. The van der Waals surface area contributed by atoms with Crippen molar-refractivity contribution < 1.29 is 12.7 Å². The smallest absolute Gasteiger partial charge is 0.274 e. The number of hydrogen-bond donors (Lipinski definition) is 0. The first-order valence-corrected chi connectivity index (χ1v) is 7.61. The summed E-state index contributed by atoms with van der Waals surface area (Å²) in [5, 5.41) is 0. The predicted molar refractivity (Wildman–Crippen MR) is 73.9 cm³/mol. The lowest BCUT2D eigenvalue weighted by Gasteiger charge is -2.20. The van der Waals surface area contributed by atoms with Crippen molar-refractivity contribution >= 4 is 10.3 Å². The minimum Gasteiger partial charge on any atom is -0.274 e. The van der Waals surface area contributed by atoms with Crippen LogP contribution < -0.4 is 4.28 Å². The predicted octanol–water partition coefficient (Wildman–Crippen LogP) is 1.41. The summed E-state index contributed by atoms with van der Waals surface area (Å²) in [6, 6.07) is 0. The van der Waals surface area contributed by atoms with Gasteiger partial charge >= 0.3 is 10.3 Å². The highest BCUT2D eigenvalue weighted by Gasteiger charge is 2.21. The van der Waals surface area contributed by atoms with Crippen molar-refractivity contribution in [2.75, 3.05) is 14.1 Å². The monoisotopic (exact) mass is 289 g/mol. The summed E-state index contributed by atoms with van der Waals surface area (Å²) in [5.41, 5.74) is 0.963. The topological polar surface area (TPSA) is 64.4 Å². The van der Waals surface area contributed by atoms with Gasteiger partial charge in [-0.25, -0.2) is 4.98 Å². The zero-order chi connectivity index (χ0) is 14.8. The Bertz CT molecular complexity index is 532. The molecule has 0 bridgehead atoms. The molecule has 0 radical (unpaired) electrons. The summed E-state index contributed by atoms with van der Waals surface area (Å²) >= 11 is 0. The molecule has 0 atom stereocenters. The number of aryl methyl sites for hydroxylation is 1. The fourth-order valence-electron chi connectivity index (χ4n) is 1.46. The maximum Gasteiger partial charge on any atom is 0.402 e. The molecule has 0 fully saturated rings. The summed E-state index contributed by atoms with van der Waals surface area (Å²) in [7, 11) is -0.915. The first kappa shape index (κ1) is 16.0. The molecule has 0 amide bonds. The van der Waals surface area contributed by atoms with Gasteiger partial charge in [0.15, 0.2) is 0 Å². The van der Waals surface area contributed by atoms with Crippen LogP contribution in [-0.4, -0.2) is 36.5 Å². The maximum absolute atomic E-state index is 11.7. The van der Waals surface area contributed by atoms with Crippen LogP contribution in [0.4, 0.5) is 0 Å². The third-order valence-corrected chi connectivity index (χ3v) is 4.37. The molecule has 0 saturated heterocycles. The number of aromatic nitrogens is 2. The van der Waals surface area contributed by atoms with Gasteiger partial charge < -0.3 is 0 Å². The summed E-state index contributed by atoms with van der Waals surface area (Å²) in [5.74, 6) is 0.521. The van der Waals surface area contributed by atoms with Crippen molar-refractivity contribution in [1.29, 1.82) is 0 Å². The van der Waals surface area contributed by atoms with Gasteiger partial charge in [0.2, 0.25) is 0 Å². The second kappa shape index (κ2) is 5.50. The van der Waals surface area contributed by atoms with E-state index in [4.69, 9.17) is 4.28 Å². The second-order valence-corrected chi connectivity index (χ2v) is 7.35. The number of rotatable bonds is 6. The van der Waals surface area contributed by atoms with E-state index in [2.05, 4.69) is 25.8 Å². The van der Waals surface area contributed by atoms with Gasteiger partial charge in [0.05, 0.1) is 11.9 Å². The molecular weight excluding hydrogens is 266 g/mol. The van der Waals surface area contributed by atoms with E-state index < -0.39 is 10.3 Å². The van der Waals surface area contributed by atoms with Gasteiger partial charge in [-0.15, -0.1) is 0 Å². The van der Waals surface area contributed by atoms with E-state index in [-0.39, 0.29) is 5.41 Å². The number of nitrogens with zero attached hydrogens (tertiary/aromatic N) is 3. The molecular formula is C12H23N3O3S. The Balaban J connectivity index is 2.92.